The molecule has 0 aliphatic heterocycles. The van der Waals surface area contributed by atoms with Crippen LogP contribution in [0.2, 0.25) is 5.02 Å². The standard InChI is InChI=1S/C23H18ClF3N8/c1-13-16-5-3-4-6-17(16)20(12-29-13)34-21(23(25,26)27)18(10-28)14(2)33-15-9-19(24)22(30-11-15)35-31-7-8-32-35/h3-12,33H,2,28H2,1H3. The molecule has 0 unspecified atom stereocenters. The van der Waals surface area contributed by atoms with E-state index in [-0.39, 0.29) is 27.9 Å². The van der Waals surface area contributed by atoms with Crippen LogP contribution in [-0.2, 0) is 0 Å². The molecule has 8 nitrogen and oxygen atoms in total. The van der Waals surface area contributed by atoms with E-state index < -0.39 is 17.5 Å². The van der Waals surface area contributed by atoms with Gasteiger partial charge in [-0.05, 0) is 13.0 Å². The lowest BCUT2D eigenvalue weighted by atomic mass is 10.1. The summed E-state index contributed by atoms with van der Waals surface area (Å²) in [5.74, 6) is 0.249. The zero-order valence-electron chi connectivity index (χ0n) is 18.3. The molecule has 0 saturated heterocycles. The van der Waals surface area contributed by atoms with E-state index in [1.165, 1.54) is 35.7 Å². The van der Waals surface area contributed by atoms with Gasteiger partial charge in [-0.2, -0.15) is 23.4 Å². The van der Waals surface area contributed by atoms with Gasteiger partial charge in [-0.1, -0.05) is 42.4 Å². The number of aryl methyl sites for hydroxylation is 1. The maximum absolute atomic E-state index is 14.1. The average molecular weight is 499 g/mol. The first-order valence-electron chi connectivity index (χ1n) is 10.1. The van der Waals surface area contributed by atoms with Gasteiger partial charge in [-0.25, -0.2) is 9.98 Å². The topological polar surface area (TPSA) is 107 Å². The number of nitrogens with one attached hydrogen (secondary N) is 1. The summed E-state index contributed by atoms with van der Waals surface area (Å²) in [6, 6.07) is 8.39. The van der Waals surface area contributed by atoms with Crippen LogP contribution in [0.1, 0.15) is 5.69 Å². The summed E-state index contributed by atoms with van der Waals surface area (Å²) >= 11 is 6.25. The van der Waals surface area contributed by atoms with Crippen LogP contribution in [0.5, 0.6) is 0 Å². The molecule has 3 heterocycles. The SMILES string of the molecule is C=C(Nc1cnc(-n2nccn2)c(Cl)c1)C(=CN)C(=Nc1cnc(C)c2ccccc12)C(F)(F)F. The highest BCUT2D eigenvalue weighted by atomic mass is 35.5. The Morgan fingerprint density at radius 1 is 1.14 bits per heavy atom. The Labute approximate surface area is 202 Å². The molecule has 4 rings (SSSR count). The number of hydrogen-bond acceptors (Lipinski definition) is 7. The van der Waals surface area contributed by atoms with Gasteiger partial charge in [0, 0.05) is 33.9 Å². The minimum Gasteiger partial charge on any atom is -0.404 e. The van der Waals surface area contributed by atoms with Crippen molar-refractivity contribution in [2.75, 3.05) is 5.32 Å². The molecular weight excluding hydrogens is 481 g/mol. The Morgan fingerprint density at radius 3 is 2.46 bits per heavy atom. The zero-order valence-corrected chi connectivity index (χ0v) is 19.0. The summed E-state index contributed by atoms with van der Waals surface area (Å²) in [6.45, 7) is 5.49. The summed E-state index contributed by atoms with van der Waals surface area (Å²) in [4.78, 5) is 13.5. The number of pyridine rings is 2. The highest BCUT2D eigenvalue weighted by Crippen LogP contribution is 2.33. The molecule has 178 valence electrons. The van der Waals surface area contributed by atoms with Crippen molar-refractivity contribution in [3.63, 3.8) is 0 Å². The van der Waals surface area contributed by atoms with Crippen molar-refractivity contribution < 1.29 is 13.2 Å². The van der Waals surface area contributed by atoms with Crippen molar-refractivity contribution in [2.24, 2.45) is 10.7 Å². The quantitative estimate of drug-likeness (QED) is 0.277. The maximum Gasteiger partial charge on any atom is 0.434 e. The van der Waals surface area contributed by atoms with Gasteiger partial charge in [0.25, 0.3) is 0 Å². The molecule has 4 aromatic rings. The Balaban J connectivity index is 1.69. The molecule has 3 N–H and O–H groups in total. The molecule has 0 fully saturated rings. The zero-order chi connectivity index (χ0) is 25.2. The third-order valence-corrected chi connectivity index (χ3v) is 5.22. The van der Waals surface area contributed by atoms with Crippen LogP contribution in [0, 0.1) is 6.92 Å². The number of rotatable bonds is 6. The summed E-state index contributed by atoms with van der Waals surface area (Å²) in [6.07, 6.45) is 1.51. The van der Waals surface area contributed by atoms with Crippen molar-refractivity contribution in [2.45, 2.75) is 13.1 Å². The van der Waals surface area contributed by atoms with Crippen LogP contribution in [0.25, 0.3) is 16.6 Å². The van der Waals surface area contributed by atoms with Gasteiger partial charge in [0.1, 0.15) is 0 Å². The first-order chi connectivity index (χ1) is 16.7. The molecule has 1 aromatic carbocycles. The maximum atomic E-state index is 14.1. The number of nitrogens with two attached hydrogens (primary N) is 1. The molecule has 0 saturated carbocycles. The Kier molecular flexibility index (Phi) is 6.52. The lowest BCUT2D eigenvalue weighted by Gasteiger charge is -2.18. The van der Waals surface area contributed by atoms with Crippen LogP contribution in [0.3, 0.4) is 0 Å². The van der Waals surface area contributed by atoms with Crippen LogP contribution in [0.4, 0.5) is 24.5 Å². The number of anilines is 1. The van der Waals surface area contributed by atoms with Gasteiger partial charge < -0.3 is 11.1 Å². The highest BCUT2D eigenvalue weighted by molar-refractivity contribution is 6.32. The number of fused-ring (bicyclic) bond motifs is 1. The Morgan fingerprint density at radius 2 is 1.83 bits per heavy atom. The number of benzene rings is 1. The normalized spacial score (nSPS) is 12.7. The van der Waals surface area contributed by atoms with E-state index in [1.807, 2.05) is 0 Å². The molecule has 0 atom stereocenters. The van der Waals surface area contributed by atoms with Crippen LogP contribution >= 0.6 is 11.6 Å². The second-order valence-corrected chi connectivity index (χ2v) is 7.67. The van der Waals surface area contributed by atoms with Gasteiger partial charge in [0.05, 0.1) is 41.2 Å². The fourth-order valence-electron chi connectivity index (χ4n) is 3.34. The van der Waals surface area contributed by atoms with E-state index >= 15 is 0 Å². The number of hydrogen-bond donors (Lipinski definition) is 2. The third-order valence-electron chi connectivity index (χ3n) is 4.95. The predicted molar refractivity (Wildman–Crippen MR) is 129 cm³/mol. The van der Waals surface area contributed by atoms with E-state index in [0.29, 0.717) is 16.5 Å². The van der Waals surface area contributed by atoms with Crippen molar-refractivity contribution in [3.8, 4) is 5.82 Å². The second-order valence-electron chi connectivity index (χ2n) is 7.26. The van der Waals surface area contributed by atoms with Gasteiger partial charge >= 0.3 is 6.18 Å². The monoisotopic (exact) mass is 498 g/mol. The number of allylic oxidation sites excluding steroid dienone is 1. The van der Waals surface area contributed by atoms with Gasteiger partial charge in [0.2, 0.25) is 0 Å². The number of nitrogens with zero attached hydrogens (tertiary/aromatic N) is 6. The Bertz CT molecular complexity index is 1460. The van der Waals surface area contributed by atoms with Crippen molar-refractivity contribution in [3.05, 3.63) is 89.9 Å². The molecule has 0 spiro atoms. The summed E-state index contributed by atoms with van der Waals surface area (Å²) in [7, 11) is 0. The van der Waals surface area contributed by atoms with Crippen molar-refractivity contribution >= 4 is 39.5 Å². The molecule has 35 heavy (non-hydrogen) atoms. The number of halogens is 4. The molecule has 0 radical (unpaired) electrons. The second kappa shape index (κ2) is 9.55. The largest absolute Gasteiger partial charge is 0.434 e. The van der Waals surface area contributed by atoms with Gasteiger partial charge in [-0.15, -0.1) is 4.80 Å². The fourth-order valence-corrected chi connectivity index (χ4v) is 3.58. The lowest BCUT2D eigenvalue weighted by molar-refractivity contribution is -0.0580. The lowest BCUT2D eigenvalue weighted by Crippen LogP contribution is -2.27. The first-order valence-corrected chi connectivity index (χ1v) is 10.5. The minimum atomic E-state index is -4.84. The summed E-state index contributed by atoms with van der Waals surface area (Å²) < 4.78 is 42.4. The fraction of sp³-hybridized carbons (Fsp3) is 0.0870. The number of aromatic nitrogens is 5. The van der Waals surface area contributed by atoms with Crippen LogP contribution in [0.15, 0.2) is 84.2 Å². The number of alkyl halides is 3. The molecule has 0 aliphatic rings. The van der Waals surface area contributed by atoms with E-state index in [0.717, 1.165) is 6.20 Å². The highest BCUT2D eigenvalue weighted by Gasteiger charge is 2.39. The van der Waals surface area contributed by atoms with E-state index in [9.17, 15) is 13.2 Å². The number of aliphatic imine (C=N–C) groups is 1. The van der Waals surface area contributed by atoms with E-state index in [4.69, 9.17) is 17.3 Å². The van der Waals surface area contributed by atoms with E-state index in [1.54, 1.807) is 31.2 Å². The first kappa shape index (κ1) is 23.9. The minimum absolute atomic E-state index is 0.0476. The third kappa shape index (κ3) is 4.99. The Hall–Kier alpha value is -4.25. The molecular formula is C23H18ClF3N8. The average Bonchev–Trinajstić information content (AvgIpc) is 3.34. The van der Waals surface area contributed by atoms with Gasteiger partial charge in [0.15, 0.2) is 11.5 Å². The van der Waals surface area contributed by atoms with Crippen molar-refractivity contribution in [1.82, 2.24) is 25.0 Å². The molecule has 3 aromatic heterocycles. The van der Waals surface area contributed by atoms with Gasteiger partial charge in [-0.3, -0.25) is 4.98 Å². The summed E-state index contributed by atoms with van der Waals surface area (Å²) in [5.41, 5.74) is 4.77. The molecule has 12 heteroatoms. The van der Waals surface area contributed by atoms with Crippen LogP contribution in [-0.4, -0.2) is 36.8 Å². The predicted octanol–water partition coefficient (Wildman–Crippen LogP) is 5.28. The van der Waals surface area contributed by atoms with Crippen LogP contribution < -0.4 is 11.1 Å². The molecule has 0 aliphatic carbocycles. The molecule has 0 bridgehead atoms. The summed E-state index contributed by atoms with van der Waals surface area (Å²) in [5, 5.41) is 12.0. The van der Waals surface area contributed by atoms with E-state index in [2.05, 4.69) is 37.1 Å². The molecule has 0 amide bonds. The van der Waals surface area contributed by atoms with Crippen molar-refractivity contribution in [1.29, 1.82) is 0 Å². The smallest absolute Gasteiger partial charge is 0.404 e.